The fourth-order valence-electron chi connectivity index (χ4n) is 5.20. The highest BCUT2D eigenvalue weighted by Crippen LogP contribution is 2.64. The first-order valence-corrected chi connectivity index (χ1v) is 7.20. The van der Waals surface area contributed by atoms with Crippen LogP contribution in [-0.2, 0) is 10.3 Å². The van der Waals surface area contributed by atoms with E-state index in [2.05, 4.69) is 10.1 Å². The van der Waals surface area contributed by atoms with E-state index in [4.69, 9.17) is 11.6 Å². The van der Waals surface area contributed by atoms with E-state index in [0.29, 0.717) is 18.3 Å². The van der Waals surface area contributed by atoms with Gasteiger partial charge in [-0.2, -0.15) is 0 Å². The second-order valence-electron chi connectivity index (χ2n) is 6.73. The lowest BCUT2D eigenvalue weighted by Crippen LogP contribution is -2.59. The number of hydrogen-bond donors (Lipinski definition) is 1. The zero-order valence-corrected chi connectivity index (χ0v) is 11.3. The Morgan fingerprint density at radius 3 is 2.58 bits per heavy atom. The van der Waals surface area contributed by atoms with Crippen molar-refractivity contribution in [3.05, 3.63) is 11.6 Å². The summed E-state index contributed by atoms with van der Waals surface area (Å²) < 4.78 is 1.85. The average molecular weight is 282 g/mol. The molecule has 0 amide bonds. The first-order chi connectivity index (χ1) is 9.01. The normalized spacial score (nSPS) is 43.6. The minimum Gasteiger partial charge on any atom is -0.481 e. The van der Waals surface area contributed by atoms with Gasteiger partial charge in [-0.05, 0) is 62.0 Å². The molecule has 4 saturated carbocycles. The lowest BCUT2D eigenvalue weighted by molar-refractivity contribution is -0.173. The maximum absolute atomic E-state index is 11.8. The molecule has 1 heterocycles. The van der Waals surface area contributed by atoms with Gasteiger partial charge in [-0.3, -0.25) is 4.79 Å². The second kappa shape index (κ2) is 3.51. The van der Waals surface area contributed by atoms with Gasteiger partial charge in [0, 0.05) is 0 Å². The van der Waals surface area contributed by atoms with Gasteiger partial charge >= 0.3 is 5.97 Å². The number of aliphatic carboxylic acids is 1. The van der Waals surface area contributed by atoms with Crippen molar-refractivity contribution in [2.75, 3.05) is 0 Å². The molecular weight excluding hydrogens is 266 g/mol. The van der Waals surface area contributed by atoms with Crippen LogP contribution in [0.3, 0.4) is 0 Å². The van der Waals surface area contributed by atoms with Gasteiger partial charge in [-0.25, -0.2) is 9.67 Å². The third kappa shape index (κ3) is 1.51. The molecular formula is C13H16ClN3O2. The van der Waals surface area contributed by atoms with Crippen LogP contribution in [0.25, 0.3) is 0 Å². The van der Waals surface area contributed by atoms with Crippen molar-refractivity contribution in [2.24, 2.45) is 17.3 Å². The van der Waals surface area contributed by atoms with Crippen molar-refractivity contribution >= 4 is 17.6 Å². The number of carboxylic acid groups (broad SMARTS) is 1. The van der Waals surface area contributed by atoms with Crippen LogP contribution >= 0.6 is 11.6 Å². The zero-order chi connectivity index (χ0) is 13.3. The van der Waals surface area contributed by atoms with E-state index in [1.165, 1.54) is 6.42 Å². The quantitative estimate of drug-likeness (QED) is 0.903. The molecule has 0 aromatic carbocycles. The maximum Gasteiger partial charge on any atom is 0.309 e. The number of hydrogen-bond acceptors (Lipinski definition) is 3. The van der Waals surface area contributed by atoms with Gasteiger partial charge in [-0.1, -0.05) is 0 Å². The Kier molecular flexibility index (Phi) is 2.16. The molecule has 5 rings (SSSR count). The van der Waals surface area contributed by atoms with Gasteiger partial charge in [-0.15, -0.1) is 5.10 Å². The Morgan fingerprint density at radius 2 is 2.05 bits per heavy atom. The predicted molar refractivity (Wildman–Crippen MR) is 67.8 cm³/mol. The van der Waals surface area contributed by atoms with E-state index in [1.54, 1.807) is 6.33 Å². The standard InChI is InChI=1S/C13H16ClN3O2/c14-11-15-7-17(16-11)13-4-8-1-9(5-13)3-12(2-8,6-13)10(18)19/h7-9H,1-6H2,(H,18,19)/t8-,9-,12?,13?/m1/s1. The molecule has 1 aromatic rings. The van der Waals surface area contributed by atoms with Crippen molar-refractivity contribution in [1.29, 1.82) is 0 Å². The van der Waals surface area contributed by atoms with Crippen LogP contribution < -0.4 is 0 Å². The molecule has 6 heteroatoms. The summed E-state index contributed by atoms with van der Waals surface area (Å²) in [7, 11) is 0. The lowest BCUT2D eigenvalue weighted by Gasteiger charge is -2.60. The van der Waals surface area contributed by atoms with Gasteiger partial charge in [0.25, 0.3) is 0 Å². The fourth-order valence-corrected chi connectivity index (χ4v) is 5.33. The number of nitrogens with zero attached hydrogens (tertiary/aromatic N) is 3. The molecule has 102 valence electrons. The first kappa shape index (κ1) is 11.7. The van der Waals surface area contributed by atoms with Crippen LogP contribution in [0.5, 0.6) is 0 Å². The van der Waals surface area contributed by atoms with Crippen molar-refractivity contribution < 1.29 is 9.90 Å². The molecule has 0 saturated heterocycles. The van der Waals surface area contributed by atoms with Gasteiger partial charge in [0.05, 0.1) is 11.0 Å². The highest BCUT2D eigenvalue weighted by molar-refractivity contribution is 6.28. The van der Waals surface area contributed by atoms with Crippen LogP contribution in [0.15, 0.2) is 6.33 Å². The van der Waals surface area contributed by atoms with Crippen molar-refractivity contribution in [3.8, 4) is 0 Å². The molecule has 0 spiro atoms. The van der Waals surface area contributed by atoms with E-state index in [9.17, 15) is 9.90 Å². The summed E-state index contributed by atoms with van der Waals surface area (Å²) in [6.07, 6.45) is 7.26. The van der Waals surface area contributed by atoms with Gasteiger partial charge in [0.15, 0.2) is 0 Å². The van der Waals surface area contributed by atoms with Crippen molar-refractivity contribution in [2.45, 2.75) is 44.1 Å². The summed E-state index contributed by atoms with van der Waals surface area (Å²) in [5.74, 6) is 0.401. The molecule has 1 N–H and O–H groups in total. The van der Waals surface area contributed by atoms with Gasteiger partial charge in [0.2, 0.25) is 5.28 Å². The zero-order valence-electron chi connectivity index (χ0n) is 10.5. The van der Waals surface area contributed by atoms with Crippen LogP contribution in [0, 0.1) is 17.3 Å². The van der Waals surface area contributed by atoms with E-state index >= 15 is 0 Å². The summed E-state index contributed by atoms with van der Waals surface area (Å²) in [4.78, 5) is 15.8. The van der Waals surface area contributed by atoms with Gasteiger partial charge < -0.3 is 5.11 Å². The summed E-state index contributed by atoms with van der Waals surface area (Å²) in [5.41, 5.74) is -0.703. The Balaban J connectivity index is 1.80. The van der Waals surface area contributed by atoms with E-state index in [-0.39, 0.29) is 10.8 Å². The molecule has 4 aliphatic carbocycles. The predicted octanol–water partition coefficient (Wildman–Crippen LogP) is 2.31. The molecule has 4 fully saturated rings. The molecule has 4 aliphatic rings. The monoisotopic (exact) mass is 281 g/mol. The van der Waals surface area contributed by atoms with Crippen LogP contribution in [-0.4, -0.2) is 25.8 Å². The molecule has 2 atom stereocenters. The fraction of sp³-hybridized carbons (Fsp3) is 0.769. The molecule has 1 aromatic heterocycles. The van der Waals surface area contributed by atoms with E-state index < -0.39 is 11.4 Å². The van der Waals surface area contributed by atoms with Crippen molar-refractivity contribution in [1.82, 2.24) is 14.8 Å². The maximum atomic E-state index is 11.8. The third-order valence-corrected chi connectivity index (χ3v) is 5.61. The average Bonchev–Trinajstić information content (AvgIpc) is 2.74. The minimum atomic E-state index is -0.628. The first-order valence-electron chi connectivity index (χ1n) is 6.82. The number of carboxylic acids is 1. The Morgan fingerprint density at radius 1 is 1.37 bits per heavy atom. The number of carbonyl (C=O) groups is 1. The number of aromatic nitrogens is 3. The smallest absolute Gasteiger partial charge is 0.309 e. The molecule has 0 aliphatic heterocycles. The van der Waals surface area contributed by atoms with Crippen LogP contribution in [0.2, 0.25) is 5.28 Å². The van der Waals surface area contributed by atoms with Crippen LogP contribution in [0.1, 0.15) is 38.5 Å². The highest BCUT2D eigenvalue weighted by Gasteiger charge is 2.62. The largest absolute Gasteiger partial charge is 0.481 e. The van der Waals surface area contributed by atoms with Crippen LogP contribution in [0.4, 0.5) is 0 Å². The molecule has 0 radical (unpaired) electrons. The third-order valence-electron chi connectivity index (χ3n) is 5.43. The molecule has 19 heavy (non-hydrogen) atoms. The number of rotatable bonds is 2. The SMILES string of the molecule is O=C(O)C12C[C@H]3C[C@H](C1)CC(n1cnc(Cl)n1)(C3)C2. The summed E-state index contributed by atoms with van der Waals surface area (Å²) >= 11 is 5.84. The number of halogens is 1. The highest BCUT2D eigenvalue weighted by atomic mass is 35.5. The van der Waals surface area contributed by atoms with E-state index in [0.717, 1.165) is 25.7 Å². The lowest BCUT2D eigenvalue weighted by atomic mass is 9.47. The summed E-state index contributed by atoms with van der Waals surface area (Å²) in [6, 6.07) is 0. The summed E-state index contributed by atoms with van der Waals surface area (Å²) in [6.45, 7) is 0. The minimum absolute atomic E-state index is 0.164. The molecule has 4 bridgehead atoms. The molecule has 0 unspecified atom stereocenters. The van der Waals surface area contributed by atoms with Gasteiger partial charge in [0.1, 0.15) is 6.33 Å². The summed E-state index contributed by atoms with van der Waals surface area (Å²) in [5, 5.41) is 14.2. The second-order valence-corrected chi connectivity index (χ2v) is 7.07. The Bertz CT molecular complexity index is 542. The Hall–Kier alpha value is -1.10. The Labute approximate surface area is 116 Å². The van der Waals surface area contributed by atoms with E-state index in [1.807, 2.05) is 4.68 Å². The van der Waals surface area contributed by atoms with Crippen molar-refractivity contribution in [3.63, 3.8) is 0 Å². The molecule has 5 nitrogen and oxygen atoms in total. The topological polar surface area (TPSA) is 68.0 Å².